The number of nitrogen functional groups attached to an aromatic ring is 1. The van der Waals surface area contributed by atoms with Gasteiger partial charge >= 0.3 is 0 Å². The van der Waals surface area contributed by atoms with Gasteiger partial charge in [0.15, 0.2) is 0 Å². The molecule has 0 saturated carbocycles. The maximum Gasteiger partial charge on any atom is 0.125 e. The van der Waals surface area contributed by atoms with Crippen LogP contribution in [-0.4, -0.2) is 6.54 Å². The van der Waals surface area contributed by atoms with Crippen LogP contribution in [0.4, 0.5) is 20.2 Å². The van der Waals surface area contributed by atoms with Crippen molar-refractivity contribution in [3.8, 4) is 0 Å². The van der Waals surface area contributed by atoms with E-state index >= 15 is 0 Å². The Morgan fingerprint density at radius 2 is 1.84 bits per heavy atom. The number of nitrogens with zero attached hydrogens (tertiary/aromatic N) is 1. The van der Waals surface area contributed by atoms with E-state index in [2.05, 4.69) is 0 Å². The van der Waals surface area contributed by atoms with Crippen LogP contribution in [0, 0.1) is 11.6 Å². The summed E-state index contributed by atoms with van der Waals surface area (Å²) in [5.41, 5.74) is 7.55. The summed E-state index contributed by atoms with van der Waals surface area (Å²) >= 11 is 0. The molecule has 0 aliphatic carbocycles. The lowest BCUT2D eigenvalue weighted by atomic mass is 10.1. The minimum Gasteiger partial charge on any atom is -0.399 e. The van der Waals surface area contributed by atoms with E-state index in [0.29, 0.717) is 18.8 Å². The number of benzene rings is 2. The Morgan fingerprint density at radius 1 is 1.05 bits per heavy atom. The standard InChI is InChI=1S/C15H16F2N2/c1-2-19(15-5-3-4-12(16)9-15)10-11-6-13(17)8-14(18)7-11/h3-9H,2,10,18H2,1H3. The molecule has 0 aliphatic rings. The summed E-state index contributed by atoms with van der Waals surface area (Å²) in [7, 11) is 0. The van der Waals surface area contributed by atoms with E-state index in [1.165, 1.54) is 24.3 Å². The maximum atomic E-state index is 13.3. The van der Waals surface area contributed by atoms with Crippen LogP contribution >= 0.6 is 0 Å². The van der Waals surface area contributed by atoms with Gasteiger partial charge in [-0.2, -0.15) is 0 Å². The summed E-state index contributed by atoms with van der Waals surface area (Å²) in [5.74, 6) is -0.639. The van der Waals surface area contributed by atoms with Crippen molar-refractivity contribution in [3.05, 3.63) is 59.7 Å². The highest BCUT2D eigenvalue weighted by Gasteiger charge is 2.07. The molecule has 4 heteroatoms. The van der Waals surface area contributed by atoms with Crippen molar-refractivity contribution in [1.29, 1.82) is 0 Å². The molecule has 0 aromatic heterocycles. The quantitative estimate of drug-likeness (QED) is 0.853. The summed E-state index contributed by atoms with van der Waals surface area (Å²) in [5, 5.41) is 0. The van der Waals surface area contributed by atoms with Crippen molar-refractivity contribution in [2.45, 2.75) is 13.5 Å². The molecule has 2 aromatic rings. The van der Waals surface area contributed by atoms with E-state index in [4.69, 9.17) is 5.73 Å². The molecule has 0 spiro atoms. The van der Waals surface area contributed by atoms with Gasteiger partial charge in [0.25, 0.3) is 0 Å². The number of anilines is 2. The zero-order valence-electron chi connectivity index (χ0n) is 10.7. The minimum absolute atomic E-state index is 0.283. The molecule has 0 atom stereocenters. The second-order valence-electron chi connectivity index (χ2n) is 4.39. The minimum atomic E-state index is -0.356. The highest BCUT2D eigenvalue weighted by atomic mass is 19.1. The van der Waals surface area contributed by atoms with E-state index < -0.39 is 0 Å². The Hall–Kier alpha value is -2.10. The van der Waals surface area contributed by atoms with Crippen molar-refractivity contribution < 1.29 is 8.78 Å². The third kappa shape index (κ3) is 3.44. The molecule has 0 heterocycles. The normalized spacial score (nSPS) is 10.5. The van der Waals surface area contributed by atoms with Gasteiger partial charge in [-0.05, 0) is 48.9 Å². The molecule has 0 fully saturated rings. The van der Waals surface area contributed by atoms with Gasteiger partial charge in [0.2, 0.25) is 0 Å². The molecule has 100 valence electrons. The summed E-state index contributed by atoms with van der Waals surface area (Å²) in [6.07, 6.45) is 0. The maximum absolute atomic E-state index is 13.3. The zero-order chi connectivity index (χ0) is 13.8. The Labute approximate surface area is 111 Å². The fraction of sp³-hybridized carbons (Fsp3) is 0.200. The molecule has 2 rings (SSSR count). The second-order valence-corrected chi connectivity index (χ2v) is 4.39. The van der Waals surface area contributed by atoms with E-state index in [-0.39, 0.29) is 11.6 Å². The van der Waals surface area contributed by atoms with Crippen LogP contribution in [-0.2, 0) is 6.54 Å². The molecule has 2 aromatic carbocycles. The highest BCUT2D eigenvalue weighted by Crippen LogP contribution is 2.19. The van der Waals surface area contributed by atoms with Crippen LogP contribution in [0.15, 0.2) is 42.5 Å². The summed E-state index contributed by atoms with van der Waals surface area (Å²) in [6.45, 7) is 3.15. The average Bonchev–Trinajstić information content (AvgIpc) is 2.34. The number of rotatable bonds is 4. The largest absolute Gasteiger partial charge is 0.399 e. The molecule has 0 aliphatic heterocycles. The molecule has 0 bridgehead atoms. The molecular weight excluding hydrogens is 246 g/mol. The molecule has 2 N–H and O–H groups in total. The fourth-order valence-electron chi connectivity index (χ4n) is 2.05. The molecule has 2 nitrogen and oxygen atoms in total. The Morgan fingerprint density at radius 3 is 2.47 bits per heavy atom. The average molecular weight is 262 g/mol. The summed E-state index contributed by atoms with van der Waals surface area (Å²) in [6, 6.07) is 10.8. The van der Waals surface area contributed by atoms with Gasteiger partial charge in [-0.3, -0.25) is 0 Å². The summed E-state index contributed by atoms with van der Waals surface area (Å²) in [4.78, 5) is 1.96. The monoisotopic (exact) mass is 262 g/mol. The Balaban J connectivity index is 2.23. The lowest BCUT2D eigenvalue weighted by Gasteiger charge is -2.23. The van der Waals surface area contributed by atoms with Gasteiger partial charge in [0.05, 0.1) is 0 Å². The zero-order valence-corrected chi connectivity index (χ0v) is 10.7. The third-order valence-corrected chi connectivity index (χ3v) is 2.91. The van der Waals surface area contributed by atoms with Crippen LogP contribution in [0.5, 0.6) is 0 Å². The Bertz CT molecular complexity index is 550. The lowest BCUT2D eigenvalue weighted by Crippen LogP contribution is -2.22. The topological polar surface area (TPSA) is 29.3 Å². The van der Waals surface area contributed by atoms with Gasteiger partial charge in [-0.15, -0.1) is 0 Å². The van der Waals surface area contributed by atoms with E-state index in [1.54, 1.807) is 12.1 Å². The second kappa shape index (κ2) is 5.69. The van der Waals surface area contributed by atoms with Gasteiger partial charge in [0.1, 0.15) is 11.6 Å². The first kappa shape index (κ1) is 13.3. The van der Waals surface area contributed by atoms with E-state index in [0.717, 1.165) is 11.3 Å². The number of nitrogens with two attached hydrogens (primary N) is 1. The third-order valence-electron chi connectivity index (χ3n) is 2.91. The van der Waals surface area contributed by atoms with Crippen LogP contribution in [0.1, 0.15) is 12.5 Å². The molecular formula is C15H16F2N2. The van der Waals surface area contributed by atoms with Gasteiger partial charge in [0, 0.05) is 24.5 Å². The van der Waals surface area contributed by atoms with Crippen LogP contribution in [0.25, 0.3) is 0 Å². The molecule has 0 saturated heterocycles. The smallest absolute Gasteiger partial charge is 0.125 e. The van der Waals surface area contributed by atoms with Gasteiger partial charge < -0.3 is 10.6 Å². The van der Waals surface area contributed by atoms with E-state index in [1.807, 2.05) is 17.9 Å². The first-order valence-electron chi connectivity index (χ1n) is 6.14. The fourth-order valence-corrected chi connectivity index (χ4v) is 2.05. The predicted octanol–water partition coefficient (Wildman–Crippen LogP) is 3.57. The van der Waals surface area contributed by atoms with Crippen molar-refractivity contribution >= 4 is 11.4 Å². The number of hydrogen-bond donors (Lipinski definition) is 1. The molecule has 0 unspecified atom stereocenters. The summed E-state index contributed by atoms with van der Waals surface area (Å²) < 4.78 is 26.5. The number of halogens is 2. The van der Waals surface area contributed by atoms with Crippen LogP contribution in [0.3, 0.4) is 0 Å². The van der Waals surface area contributed by atoms with Gasteiger partial charge in [-0.25, -0.2) is 8.78 Å². The highest BCUT2D eigenvalue weighted by molar-refractivity contribution is 5.48. The first-order valence-corrected chi connectivity index (χ1v) is 6.14. The van der Waals surface area contributed by atoms with Gasteiger partial charge in [-0.1, -0.05) is 6.07 Å². The predicted molar refractivity (Wildman–Crippen MR) is 73.9 cm³/mol. The number of hydrogen-bond acceptors (Lipinski definition) is 2. The molecule has 0 radical (unpaired) electrons. The Kier molecular flexibility index (Phi) is 4.00. The van der Waals surface area contributed by atoms with Crippen molar-refractivity contribution in [2.75, 3.05) is 17.2 Å². The van der Waals surface area contributed by atoms with Crippen molar-refractivity contribution in [3.63, 3.8) is 0 Å². The molecule has 0 amide bonds. The SMILES string of the molecule is CCN(Cc1cc(N)cc(F)c1)c1cccc(F)c1. The first-order chi connectivity index (χ1) is 9.08. The van der Waals surface area contributed by atoms with Crippen molar-refractivity contribution in [1.82, 2.24) is 0 Å². The molecule has 19 heavy (non-hydrogen) atoms. The lowest BCUT2D eigenvalue weighted by molar-refractivity contribution is 0.623. The van der Waals surface area contributed by atoms with E-state index in [9.17, 15) is 8.78 Å². The van der Waals surface area contributed by atoms with Crippen LogP contribution in [0.2, 0.25) is 0 Å². The van der Waals surface area contributed by atoms with Crippen molar-refractivity contribution in [2.24, 2.45) is 0 Å². The van der Waals surface area contributed by atoms with Crippen LogP contribution < -0.4 is 10.6 Å².